The molecule has 3 aliphatic heterocycles. The molecule has 32 heavy (non-hydrogen) atoms. The number of carbonyl (C=O) groups excluding carboxylic acids is 2. The minimum absolute atomic E-state index is 0.0147. The van der Waals surface area contributed by atoms with Crippen LogP contribution in [0.15, 0.2) is 36.4 Å². The van der Waals surface area contributed by atoms with Gasteiger partial charge in [-0.1, -0.05) is 43.0 Å². The maximum Gasteiger partial charge on any atom is 0.286 e. The molecule has 170 valence electrons. The highest BCUT2D eigenvalue weighted by Gasteiger charge is 2.51. The number of amides is 2. The quantitative estimate of drug-likeness (QED) is 0.709. The van der Waals surface area contributed by atoms with Crippen LogP contribution < -0.4 is 10.1 Å². The molecule has 3 aliphatic rings. The van der Waals surface area contributed by atoms with Gasteiger partial charge in [0.15, 0.2) is 5.79 Å². The third kappa shape index (κ3) is 4.37. The predicted molar refractivity (Wildman–Crippen MR) is 121 cm³/mol. The minimum Gasteiger partial charge on any atom is -0.493 e. The summed E-state index contributed by atoms with van der Waals surface area (Å²) in [5.74, 6) is 0.171. The highest BCUT2D eigenvalue weighted by atomic mass is 32.2. The number of carbonyl (C=O) groups is 2. The van der Waals surface area contributed by atoms with Crippen LogP contribution in [-0.4, -0.2) is 53.7 Å². The van der Waals surface area contributed by atoms with Crippen molar-refractivity contribution in [2.24, 2.45) is 5.92 Å². The highest BCUT2D eigenvalue weighted by molar-refractivity contribution is 8.15. The molecule has 2 unspecified atom stereocenters. The second-order valence-electron chi connectivity index (χ2n) is 9.16. The van der Waals surface area contributed by atoms with E-state index in [9.17, 15) is 9.59 Å². The Kier molecular flexibility index (Phi) is 5.65. The van der Waals surface area contributed by atoms with E-state index < -0.39 is 5.79 Å². The Morgan fingerprint density at radius 3 is 2.72 bits per heavy atom. The summed E-state index contributed by atoms with van der Waals surface area (Å²) in [6.07, 6.45) is 0.399. The normalized spacial score (nSPS) is 29.8. The zero-order chi connectivity index (χ0) is 22.5. The molecule has 2 aromatic carbocycles. The standard InChI is InChI=1S/C24H27NO6S/c1-13(20-21-18(12-29-20)30-24(2,3)31-21)11-28-17-7-6-15-8-14(4-5-16(15)10-17)9-19-22(26)25-23(27)32-19/h4-8,10,13,18-21H,9,11-12H2,1-3H3,(H,25,26,27)/t13?,18-,19?,20+,21-/m1/s1. The molecule has 1 N–H and O–H groups in total. The van der Waals surface area contributed by atoms with Gasteiger partial charge in [-0.15, -0.1) is 0 Å². The zero-order valence-electron chi connectivity index (χ0n) is 18.3. The number of benzene rings is 2. The molecule has 0 saturated carbocycles. The fourth-order valence-corrected chi connectivity index (χ4v) is 5.47. The van der Waals surface area contributed by atoms with E-state index in [-0.39, 0.29) is 40.6 Å². The monoisotopic (exact) mass is 457 g/mol. The van der Waals surface area contributed by atoms with Crippen molar-refractivity contribution >= 4 is 33.7 Å². The molecule has 5 atom stereocenters. The predicted octanol–water partition coefficient (Wildman–Crippen LogP) is 3.67. The molecule has 0 aromatic heterocycles. The van der Waals surface area contributed by atoms with Gasteiger partial charge in [-0.25, -0.2) is 0 Å². The van der Waals surface area contributed by atoms with Gasteiger partial charge in [0.2, 0.25) is 5.91 Å². The first-order valence-electron chi connectivity index (χ1n) is 10.9. The van der Waals surface area contributed by atoms with Crippen LogP contribution in [0.1, 0.15) is 26.3 Å². The number of thioether (sulfide) groups is 1. The van der Waals surface area contributed by atoms with Crippen LogP contribution in [-0.2, 0) is 25.4 Å². The summed E-state index contributed by atoms with van der Waals surface area (Å²) in [4.78, 5) is 23.2. The van der Waals surface area contributed by atoms with E-state index in [4.69, 9.17) is 18.9 Å². The number of hydrogen-bond donors (Lipinski definition) is 1. The number of nitrogens with one attached hydrogen (secondary N) is 1. The number of rotatable bonds is 6. The van der Waals surface area contributed by atoms with Crippen LogP contribution in [0.5, 0.6) is 5.75 Å². The number of fused-ring (bicyclic) bond motifs is 2. The van der Waals surface area contributed by atoms with E-state index in [0.717, 1.165) is 33.8 Å². The molecule has 8 heteroatoms. The third-order valence-electron chi connectivity index (χ3n) is 6.14. The second kappa shape index (κ2) is 8.33. The topological polar surface area (TPSA) is 83.1 Å². The van der Waals surface area contributed by atoms with Crippen molar-refractivity contribution in [3.8, 4) is 5.75 Å². The van der Waals surface area contributed by atoms with Crippen LogP contribution in [0.3, 0.4) is 0 Å². The smallest absolute Gasteiger partial charge is 0.286 e. The summed E-state index contributed by atoms with van der Waals surface area (Å²) in [7, 11) is 0. The Bertz CT molecular complexity index is 1060. The van der Waals surface area contributed by atoms with E-state index >= 15 is 0 Å². The SMILES string of the molecule is CC(COc1ccc2cc(CC3SC(=O)NC3=O)ccc2c1)[C@@H]1OC[C@H]2OC(C)(C)O[C@H]21. The Balaban J connectivity index is 1.21. The van der Waals surface area contributed by atoms with Crippen molar-refractivity contribution in [2.45, 2.75) is 56.5 Å². The summed E-state index contributed by atoms with van der Waals surface area (Å²) < 4.78 is 24.0. The molecule has 3 fully saturated rings. The van der Waals surface area contributed by atoms with Gasteiger partial charge in [0.1, 0.15) is 18.0 Å². The molecule has 7 nitrogen and oxygen atoms in total. The lowest BCUT2D eigenvalue weighted by atomic mass is 9.99. The molecular weight excluding hydrogens is 430 g/mol. The summed E-state index contributed by atoms with van der Waals surface area (Å²) in [6.45, 7) is 7.05. The molecular formula is C24H27NO6S. The van der Waals surface area contributed by atoms with Crippen molar-refractivity contribution in [3.05, 3.63) is 42.0 Å². The molecule has 0 bridgehead atoms. The number of imide groups is 1. The molecule has 0 radical (unpaired) electrons. The van der Waals surface area contributed by atoms with Crippen LogP contribution in [0.25, 0.3) is 10.8 Å². The van der Waals surface area contributed by atoms with Crippen molar-refractivity contribution in [1.29, 1.82) is 0 Å². The first-order chi connectivity index (χ1) is 15.3. The Morgan fingerprint density at radius 2 is 1.94 bits per heavy atom. The Labute approximate surface area is 191 Å². The lowest BCUT2D eigenvalue weighted by Gasteiger charge is -2.25. The minimum atomic E-state index is -0.565. The van der Waals surface area contributed by atoms with Crippen molar-refractivity contribution < 1.29 is 28.5 Å². The maximum absolute atomic E-state index is 11.8. The van der Waals surface area contributed by atoms with Gasteiger partial charge >= 0.3 is 0 Å². The summed E-state index contributed by atoms with van der Waals surface area (Å²) in [5.41, 5.74) is 1.02. The first-order valence-corrected chi connectivity index (χ1v) is 11.8. The average Bonchev–Trinajstić information content (AvgIpc) is 3.36. The molecule has 0 aliphatic carbocycles. The third-order valence-corrected chi connectivity index (χ3v) is 7.12. The van der Waals surface area contributed by atoms with E-state index in [1.807, 2.05) is 44.2 Å². The van der Waals surface area contributed by atoms with E-state index in [0.29, 0.717) is 19.6 Å². The van der Waals surface area contributed by atoms with Gasteiger partial charge in [0.05, 0.1) is 24.6 Å². The average molecular weight is 458 g/mol. The molecule has 2 aromatic rings. The lowest BCUT2D eigenvalue weighted by Crippen LogP contribution is -2.36. The van der Waals surface area contributed by atoms with Crippen molar-refractivity contribution in [1.82, 2.24) is 5.32 Å². The largest absolute Gasteiger partial charge is 0.493 e. The van der Waals surface area contributed by atoms with Gasteiger partial charge in [0.25, 0.3) is 5.24 Å². The Morgan fingerprint density at radius 1 is 1.16 bits per heavy atom. The van der Waals surface area contributed by atoms with E-state index in [1.165, 1.54) is 0 Å². The zero-order valence-corrected chi connectivity index (χ0v) is 19.1. The van der Waals surface area contributed by atoms with Gasteiger partial charge in [-0.2, -0.15) is 0 Å². The van der Waals surface area contributed by atoms with Crippen molar-refractivity contribution in [3.63, 3.8) is 0 Å². The highest BCUT2D eigenvalue weighted by Crippen LogP contribution is 2.38. The fraction of sp³-hybridized carbons (Fsp3) is 0.500. The van der Waals surface area contributed by atoms with Gasteiger partial charge in [-0.3, -0.25) is 14.9 Å². The van der Waals surface area contributed by atoms with E-state index in [1.54, 1.807) is 0 Å². The second-order valence-corrected chi connectivity index (χ2v) is 10.3. The molecule has 0 spiro atoms. The van der Waals surface area contributed by atoms with Crippen LogP contribution in [0, 0.1) is 5.92 Å². The number of hydrogen-bond acceptors (Lipinski definition) is 7. The fourth-order valence-electron chi connectivity index (χ4n) is 4.61. The molecule has 5 rings (SSSR count). The molecule has 3 heterocycles. The summed E-state index contributed by atoms with van der Waals surface area (Å²) in [6, 6.07) is 12.1. The molecule has 2 amide bonds. The molecule has 3 saturated heterocycles. The first kappa shape index (κ1) is 21.7. The summed E-state index contributed by atoms with van der Waals surface area (Å²) in [5, 5.41) is 3.83. The van der Waals surface area contributed by atoms with Gasteiger partial charge in [-0.05, 0) is 48.7 Å². The van der Waals surface area contributed by atoms with Crippen molar-refractivity contribution in [2.75, 3.05) is 13.2 Å². The van der Waals surface area contributed by atoms with Crippen LogP contribution in [0.4, 0.5) is 4.79 Å². The van der Waals surface area contributed by atoms with Crippen LogP contribution in [0.2, 0.25) is 0 Å². The van der Waals surface area contributed by atoms with Gasteiger partial charge in [0, 0.05) is 5.92 Å². The lowest BCUT2D eigenvalue weighted by molar-refractivity contribution is -0.180. The number of ether oxygens (including phenoxy) is 4. The van der Waals surface area contributed by atoms with Crippen LogP contribution >= 0.6 is 11.8 Å². The Hall–Kier alpha value is -2.13. The maximum atomic E-state index is 11.8. The van der Waals surface area contributed by atoms with E-state index in [2.05, 4.69) is 18.3 Å². The van der Waals surface area contributed by atoms with Gasteiger partial charge < -0.3 is 18.9 Å². The summed E-state index contributed by atoms with van der Waals surface area (Å²) >= 11 is 1.05.